The van der Waals surface area contributed by atoms with Crippen molar-refractivity contribution in [3.05, 3.63) is 113 Å². The molecule has 0 unspecified atom stereocenters. The summed E-state index contributed by atoms with van der Waals surface area (Å²) in [6.45, 7) is 6.00. The second-order valence-electron chi connectivity index (χ2n) is 8.72. The SMILES string of the molecule is Cc1nn(-c2ccc(Nc3ccc(NC(=O)c4cccc(Oc5ccc(F)cc5)c4)cc3)nn2)c(C)c1C. The van der Waals surface area contributed by atoms with Crippen LogP contribution in [-0.2, 0) is 0 Å². The Kier molecular flexibility index (Phi) is 6.82. The van der Waals surface area contributed by atoms with E-state index in [1.807, 2.05) is 45.0 Å². The largest absolute Gasteiger partial charge is 0.457 e. The molecule has 0 aliphatic rings. The van der Waals surface area contributed by atoms with E-state index in [0.717, 1.165) is 22.6 Å². The molecule has 1 amide bonds. The fourth-order valence-corrected chi connectivity index (χ4v) is 3.78. The number of carbonyl (C=O) groups excluding carboxylic acids is 1. The molecule has 0 spiro atoms. The van der Waals surface area contributed by atoms with Gasteiger partial charge in [0.05, 0.1) is 5.69 Å². The highest BCUT2D eigenvalue weighted by atomic mass is 19.1. The first kappa shape index (κ1) is 24.6. The van der Waals surface area contributed by atoms with Gasteiger partial charge in [0.2, 0.25) is 0 Å². The van der Waals surface area contributed by atoms with Crippen molar-refractivity contribution >= 4 is 23.1 Å². The molecule has 2 aromatic heterocycles. The molecule has 3 aromatic carbocycles. The van der Waals surface area contributed by atoms with Crippen LogP contribution in [0.1, 0.15) is 27.3 Å². The molecule has 5 aromatic rings. The maximum Gasteiger partial charge on any atom is 0.255 e. The smallest absolute Gasteiger partial charge is 0.255 e. The van der Waals surface area contributed by atoms with Crippen LogP contribution in [0, 0.1) is 26.6 Å². The highest BCUT2D eigenvalue weighted by Crippen LogP contribution is 2.24. The van der Waals surface area contributed by atoms with E-state index in [-0.39, 0.29) is 11.7 Å². The van der Waals surface area contributed by atoms with Gasteiger partial charge in [-0.2, -0.15) is 5.10 Å². The van der Waals surface area contributed by atoms with Crippen LogP contribution < -0.4 is 15.4 Å². The summed E-state index contributed by atoms with van der Waals surface area (Å²) in [5.74, 6) is 1.56. The molecule has 5 rings (SSSR count). The van der Waals surface area contributed by atoms with E-state index in [4.69, 9.17) is 4.74 Å². The molecule has 2 heterocycles. The highest BCUT2D eigenvalue weighted by Gasteiger charge is 2.11. The Labute approximate surface area is 219 Å². The predicted molar refractivity (Wildman–Crippen MR) is 144 cm³/mol. The van der Waals surface area contributed by atoms with E-state index in [0.29, 0.717) is 34.4 Å². The molecule has 9 heteroatoms. The molecule has 0 saturated heterocycles. The van der Waals surface area contributed by atoms with Gasteiger partial charge in [-0.25, -0.2) is 9.07 Å². The number of benzene rings is 3. The van der Waals surface area contributed by atoms with Gasteiger partial charge >= 0.3 is 0 Å². The maximum atomic E-state index is 13.1. The molecular formula is C29H25FN6O2. The monoisotopic (exact) mass is 508 g/mol. The van der Waals surface area contributed by atoms with E-state index >= 15 is 0 Å². The van der Waals surface area contributed by atoms with E-state index in [2.05, 4.69) is 25.9 Å². The van der Waals surface area contributed by atoms with Gasteiger partial charge in [0.15, 0.2) is 11.6 Å². The number of carbonyl (C=O) groups is 1. The lowest BCUT2D eigenvalue weighted by atomic mass is 10.2. The Morgan fingerprint density at radius 3 is 2.24 bits per heavy atom. The fourth-order valence-electron chi connectivity index (χ4n) is 3.78. The average molecular weight is 509 g/mol. The molecule has 0 aliphatic carbocycles. The van der Waals surface area contributed by atoms with Crippen LogP contribution >= 0.6 is 0 Å². The Hall–Kier alpha value is -5.05. The van der Waals surface area contributed by atoms with E-state index < -0.39 is 0 Å². The Balaban J connectivity index is 1.20. The summed E-state index contributed by atoms with van der Waals surface area (Å²) in [6, 6.07) is 23.4. The first-order valence-corrected chi connectivity index (χ1v) is 11.9. The Morgan fingerprint density at radius 2 is 1.58 bits per heavy atom. The number of nitrogens with one attached hydrogen (secondary N) is 2. The lowest BCUT2D eigenvalue weighted by Gasteiger charge is -2.10. The zero-order valence-corrected chi connectivity index (χ0v) is 21.1. The topological polar surface area (TPSA) is 94.0 Å². The second kappa shape index (κ2) is 10.5. The lowest BCUT2D eigenvalue weighted by molar-refractivity contribution is 0.102. The average Bonchev–Trinajstić information content (AvgIpc) is 3.19. The molecule has 0 bridgehead atoms. The zero-order valence-electron chi connectivity index (χ0n) is 21.1. The van der Waals surface area contributed by atoms with Crippen molar-refractivity contribution < 1.29 is 13.9 Å². The first-order valence-electron chi connectivity index (χ1n) is 11.9. The standard InChI is InChI=1S/C29H25FN6O2/c1-18-19(2)35-36(20(18)3)28-16-15-27(33-34-28)31-23-9-11-24(12-10-23)32-29(37)21-5-4-6-26(17-21)38-25-13-7-22(30)8-14-25/h4-17H,1-3H3,(H,31,33)(H,32,37). The van der Waals surface area contributed by atoms with E-state index in [9.17, 15) is 9.18 Å². The lowest BCUT2D eigenvalue weighted by Crippen LogP contribution is -2.11. The maximum absolute atomic E-state index is 13.1. The molecule has 0 saturated carbocycles. The molecule has 0 radical (unpaired) electrons. The minimum Gasteiger partial charge on any atom is -0.457 e. The van der Waals surface area contributed by atoms with Gasteiger partial charge < -0.3 is 15.4 Å². The number of nitrogens with zero attached hydrogens (tertiary/aromatic N) is 4. The Morgan fingerprint density at radius 1 is 0.842 bits per heavy atom. The van der Waals surface area contributed by atoms with Crippen molar-refractivity contribution in [1.29, 1.82) is 0 Å². The molecule has 8 nitrogen and oxygen atoms in total. The van der Waals surface area contributed by atoms with Gasteiger partial charge in [-0.3, -0.25) is 4.79 Å². The number of aryl methyl sites for hydroxylation is 1. The van der Waals surface area contributed by atoms with Gasteiger partial charge in [0, 0.05) is 22.6 Å². The van der Waals surface area contributed by atoms with Crippen LogP contribution in [0.25, 0.3) is 5.82 Å². The third-order valence-corrected chi connectivity index (χ3v) is 6.08. The van der Waals surface area contributed by atoms with Crippen molar-refractivity contribution in [2.75, 3.05) is 10.6 Å². The summed E-state index contributed by atoms with van der Waals surface area (Å²) in [5.41, 5.74) is 4.98. The third-order valence-electron chi connectivity index (χ3n) is 6.08. The summed E-state index contributed by atoms with van der Waals surface area (Å²) < 4.78 is 20.6. The quantitative estimate of drug-likeness (QED) is 0.260. The first-order chi connectivity index (χ1) is 18.4. The van der Waals surface area contributed by atoms with Crippen LogP contribution in [0.4, 0.5) is 21.6 Å². The number of rotatable bonds is 7. The number of halogens is 1. The molecule has 0 fully saturated rings. The van der Waals surface area contributed by atoms with Crippen molar-refractivity contribution in [3.63, 3.8) is 0 Å². The molecule has 38 heavy (non-hydrogen) atoms. The number of anilines is 3. The van der Waals surface area contributed by atoms with Crippen LogP contribution in [0.15, 0.2) is 84.9 Å². The van der Waals surface area contributed by atoms with Gasteiger partial charge in [0.1, 0.15) is 17.3 Å². The van der Waals surface area contributed by atoms with Gasteiger partial charge in [-0.05, 0) is 105 Å². The fraction of sp³-hybridized carbons (Fsp3) is 0.103. The molecule has 190 valence electrons. The van der Waals surface area contributed by atoms with Crippen molar-refractivity contribution in [2.24, 2.45) is 0 Å². The highest BCUT2D eigenvalue weighted by molar-refractivity contribution is 6.04. The summed E-state index contributed by atoms with van der Waals surface area (Å²) in [7, 11) is 0. The molecule has 0 aliphatic heterocycles. The molecule has 2 N–H and O–H groups in total. The third kappa shape index (κ3) is 5.52. The van der Waals surface area contributed by atoms with Crippen molar-refractivity contribution in [1.82, 2.24) is 20.0 Å². The zero-order chi connectivity index (χ0) is 26.6. The van der Waals surface area contributed by atoms with Crippen LogP contribution in [0.5, 0.6) is 11.5 Å². The number of hydrogen-bond acceptors (Lipinski definition) is 6. The van der Waals surface area contributed by atoms with Crippen LogP contribution in [-0.4, -0.2) is 25.9 Å². The Bertz CT molecular complexity index is 1580. The van der Waals surface area contributed by atoms with Crippen molar-refractivity contribution in [2.45, 2.75) is 20.8 Å². The van der Waals surface area contributed by atoms with Crippen LogP contribution in [0.3, 0.4) is 0 Å². The summed E-state index contributed by atoms with van der Waals surface area (Å²) in [5, 5.41) is 19.1. The minimum atomic E-state index is -0.344. The normalized spacial score (nSPS) is 10.7. The summed E-state index contributed by atoms with van der Waals surface area (Å²) >= 11 is 0. The van der Waals surface area contributed by atoms with E-state index in [1.165, 1.54) is 24.3 Å². The van der Waals surface area contributed by atoms with Gasteiger partial charge in [-0.1, -0.05) is 6.07 Å². The second-order valence-corrected chi connectivity index (χ2v) is 8.72. The summed E-state index contributed by atoms with van der Waals surface area (Å²) in [4.78, 5) is 12.8. The van der Waals surface area contributed by atoms with Gasteiger partial charge in [0.25, 0.3) is 5.91 Å². The molecular weight excluding hydrogens is 483 g/mol. The van der Waals surface area contributed by atoms with Crippen LogP contribution in [0.2, 0.25) is 0 Å². The summed E-state index contributed by atoms with van der Waals surface area (Å²) in [6.07, 6.45) is 0. The number of hydrogen-bond donors (Lipinski definition) is 2. The minimum absolute atomic E-state index is 0.281. The number of aromatic nitrogens is 4. The number of amides is 1. The van der Waals surface area contributed by atoms with Crippen molar-refractivity contribution in [3.8, 4) is 17.3 Å². The molecule has 0 atom stereocenters. The van der Waals surface area contributed by atoms with Gasteiger partial charge in [-0.15, -0.1) is 10.2 Å². The predicted octanol–water partition coefficient (Wildman–Crippen LogP) is 6.51. The number of ether oxygens (including phenoxy) is 1. The van der Waals surface area contributed by atoms with E-state index in [1.54, 1.807) is 41.1 Å².